The van der Waals surface area contributed by atoms with Gasteiger partial charge in [0.25, 0.3) is 0 Å². The van der Waals surface area contributed by atoms with Crippen molar-refractivity contribution >= 4 is 5.97 Å². The summed E-state index contributed by atoms with van der Waals surface area (Å²) in [4.78, 5) is 12.4. The van der Waals surface area contributed by atoms with Gasteiger partial charge >= 0.3 is 5.97 Å². The van der Waals surface area contributed by atoms with Crippen molar-refractivity contribution in [2.75, 3.05) is 13.2 Å². The van der Waals surface area contributed by atoms with Gasteiger partial charge in [-0.1, -0.05) is 65.2 Å². The minimum absolute atomic E-state index is 0.379. The van der Waals surface area contributed by atoms with Gasteiger partial charge in [0.05, 0.1) is 18.8 Å². The van der Waals surface area contributed by atoms with Crippen molar-refractivity contribution in [3.63, 3.8) is 0 Å². The molecule has 0 aliphatic rings. The lowest BCUT2D eigenvalue weighted by Crippen LogP contribution is -2.08. The number of hydrogen-bond donors (Lipinski definition) is 0. The molecule has 0 saturated heterocycles. The van der Waals surface area contributed by atoms with Gasteiger partial charge in [-0.05, 0) is 61.4 Å². The zero-order valence-corrected chi connectivity index (χ0v) is 19.2. The third kappa shape index (κ3) is 10.4. The number of carbonyl (C=O) groups excluding carboxylic acids is 1. The minimum Gasteiger partial charge on any atom is -0.494 e. The molecule has 31 heavy (non-hydrogen) atoms. The first-order valence-electron chi connectivity index (χ1n) is 11.9. The molecule has 4 heteroatoms. The van der Waals surface area contributed by atoms with Gasteiger partial charge in [-0.3, -0.25) is 0 Å². The molecule has 0 atom stereocenters. The highest BCUT2D eigenvalue weighted by atomic mass is 16.5. The van der Waals surface area contributed by atoms with E-state index in [0.29, 0.717) is 24.5 Å². The van der Waals surface area contributed by atoms with Gasteiger partial charge in [0.1, 0.15) is 17.2 Å². The van der Waals surface area contributed by atoms with E-state index in [-0.39, 0.29) is 5.97 Å². The van der Waals surface area contributed by atoms with Gasteiger partial charge in [-0.15, -0.1) is 0 Å². The summed E-state index contributed by atoms with van der Waals surface area (Å²) in [5.41, 5.74) is 0.503. The molecule has 4 nitrogen and oxygen atoms in total. The van der Waals surface area contributed by atoms with E-state index in [0.717, 1.165) is 24.3 Å². The second-order valence-corrected chi connectivity index (χ2v) is 7.91. The van der Waals surface area contributed by atoms with Crippen LogP contribution < -0.4 is 14.2 Å². The van der Waals surface area contributed by atoms with E-state index in [9.17, 15) is 4.79 Å². The third-order valence-corrected chi connectivity index (χ3v) is 5.16. The van der Waals surface area contributed by atoms with Crippen molar-refractivity contribution in [2.24, 2.45) is 0 Å². The maximum absolute atomic E-state index is 12.4. The van der Waals surface area contributed by atoms with Crippen LogP contribution in [0.5, 0.6) is 17.2 Å². The van der Waals surface area contributed by atoms with Crippen LogP contribution in [0.3, 0.4) is 0 Å². The Bertz CT molecular complexity index is 722. The Kier molecular flexibility index (Phi) is 12.3. The smallest absolute Gasteiger partial charge is 0.343 e. The van der Waals surface area contributed by atoms with E-state index in [2.05, 4.69) is 13.8 Å². The van der Waals surface area contributed by atoms with E-state index >= 15 is 0 Å². The third-order valence-electron chi connectivity index (χ3n) is 5.16. The average molecular weight is 427 g/mol. The monoisotopic (exact) mass is 426 g/mol. The van der Waals surface area contributed by atoms with E-state index in [1.165, 1.54) is 51.4 Å². The molecule has 170 valence electrons. The zero-order valence-electron chi connectivity index (χ0n) is 19.2. The fraction of sp³-hybridized carbons (Fsp3) is 0.519. The fourth-order valence-electron chi connectivity index (χ4n) is 3.25. The predicted octanol–water partition coefficient (Wildman–Crippen LogP) is 7.60. The number of unbranched alkanes of at least 4 members (excludes halogenated alkanes) is 8. The van der Waals surface area contributed by atoms with Crippen LogP contribution >= 0.6 is 0 Å². The number of benzene rings is 2. The Hall–Kier alpha value is -2.49. The topological polar surface area (TPSA) is 44.8 Å². The molecule has 2 rings (SSSR count). The first-order valence-corrected chi connectivity index (χ1v) is 11.9. The molecule has 2 aromatic carbocycles. The molecule has 0 amide bonds. The van der Waals surface area contributed by atoms with E-state index < -0.39 is 0 Å². The molecule has 0 spiro atoms. The highest BCUT2D eigenvalue weighted by molar-refractivity contribution is 5.91. The lowest BCUT2D eigenvalue weighted by atomic mass is 10.1. The van der Waals surface area contributed by atoms with Gasteiger partial charge in [0, 0.05) is 0 Å². The molecular formula is C27H38O4. The van der Waals surface area contributed by atoms with Gasteiger partial charge in [0.2, 0.25) is 0 Å². The fourth-order valence-corrected chi connectivity index (χ4v) is 3.25. The van der Waals surface area contributed by atoms with Crippen LogP contribution in [0.15, 0.2) is 48.5 Å². The maximum Gasteiger partial charge on any atom is 0.343 e. The number of esters is 1. The van der Waals surface area contributed by atoms with E-state index in [1.807, 2.05) is 24.3 Å². The molecule has 2 aromatic rings. The zero-order chi connectivity index (χ0) is 22.2. The van der Waals surface area contributed by atoms with E-state index in [1.54, 1.807) is 24.3 Å². The Balaban J connectivity index is 1.69. The molecule has 0 fully saturated rings. The van der Waals surface area contributed by atoms with Crippen LogP contribution in [-0.4, -0.2) is 19.2 Å². The number of ether oxygens (including phenoxy) is 3. The first-order chi connectivity index (χ1) is 15.2. The lowest BCUT2D eigenvalue weighted by molar-refractivity contribution is 0.0734. The second-order valence-electron chi connectivity index (χ2n) is 7.91. The molecule has 0 saturated carbocycles. The SMILES string of the molecule is CCCCCCCCOc1ccc(C(=O)Oc2ccc(OCCCCCC)cc2)cc1. The van der Waals surface area contributed by atoms with Gasteiger partial charge in [-0.2, -0.15) is 0 Å². The van der Waals surface area contributed by atoms with Crippen molar-refractivity contribution in [1.82, 2.24) is 0 Å². The Morgan fingerprint density at radius 1 is 0.581 bits per heavy atom. The molecule has 0 aliphatic carbocycles. The second kappa shape index (κ2) is 15.3. The summed E-state index contributed by atoms with van der Waals surface area (Å²) in [5.74, 6) is 1.70. The average Bonchev–Trinajstić information content (AvgIpc) is 2.80. The predicted molar refractivity (Wildman–Crippen MR) is 126 cm³/mol. The summed E-state index contributed by atoms with van der Waals surface area (Å²) >= 11 is 0. The summed E-state index contributed by atoms with van der Waals surface area (Å²) in [6.45, 7) is 5.85. The van der Waals surface area contributed by atoms with Crippen LogP contribution in [0, 0.1) is 0 Å². The molecule has 0 aromatic heterocycles. The summed E-state index contributed by atoms with van der Waals surface area (Å²) in [5, 5.41) is 0. The van der Waals surface area contributed by atoms with Crippen LogP contribution in [0.25, 0.3) is 0 Å². The summed E-state index contributed by atoms with van der Waals surface area (Å²) < 4.78 is 16.9. The van der Waals surface area contributed by atoms with Crippen LogP contribution in [0.4, 0.5) is 0 Å². The molecule has 0 bridgehead atoms. The number of hydrogen-bond acceptors (Lipinski definition) is 4. The largest absolute Gasteiger partial charge is 0.494 e. The number of carbonyl (C=O) groups is 1. The summed E-state index contributed by atoms with van der Waals surface area (Å²) in [7, 11) is 0. The van der Waals surface area contributed by atoms with Crippen molar-refractivity contribution in [2.45, 2.75) is 78.1 Å². The van der Waals surface area contributed by atoms with Gasteiger partial charge in [-0.25, -0.2) is 4.79 Å². The van der Waals surface area contributed by atoms with Crippen LogP contribution in [-0.2, 0) is 0 Å². The van der Waals surface area contributed by atoms with Crippen molar-refractivity contribution < 1.29 is 19.0 Å². The molecule has 0 N–H and O–H groups in total. The van der Waals surface area contributed by atoms with Gasteiger partial charge < -0.3 is 14.2 Å². The quantitative estimate of drug-likeness (QED) is 0.157. The van der Waals surface area contributed by atoms with E-state index in [4.69, 9.17) is 14.2 Å². The van der Waals surface area contributed by atoms with Gasteiger partial charge in [0.15, 0.2) is 0 Å². The minimum atomic E-state index is -0.379. The Morgan fingerprint density at radius 2 is 1.00 bits per heavy atom. The van der Waals surface area contributed by atoms with Crippen molar-refractivity contribution in [1.29, 1.82) is 0 Å². The number of rotatable bonds is 16. The van der Waals surface area contributed by atoms with Crippen LogP contribution in [0.1, 0.15) is 88.4 Å². The molecule has 0 aliphatic heterocycles. The normalized spacial score (nSPS) is 10.6. The molecular weight excluding hydrogens is 388 g/mol. The molecule has 0 radical (unpaired) electrons. The summed E-state index contributed by atoms with van der Waals surface area (Å²) in [6, 6.07) is 14.3. The maximum atomic E-state index is 12.4. The molecule has 0 unspecified atom stereocenters. The van der Waals surface area contributed by atoms with Crippen molar-refractivity contribution in [3.05, 3.63) is 54.1 Å². The lowest BCUT2D eigenvalue weighted by Gasteiger charge is -2.09. The highest BCUT2D eigenvalue weighted by Gasteiger charge is 2.09. The standard InChI is InChI=1S/C27H38O4/c1-3-5-7-9-10-12-22-29-24-15-13-23(14-16-24)27(28)31-26-19-17-25(18-20-26)30-21-11-8-6-4-2/h13-20H,3-12,21-22H2,1-2H3. The van der Waals surface area contributed by atoms with Crippen molar-refractivity contribution in [3.8, 4) is 17.2 Å². The Morgan fingerprint density at radius 3 is 1.55 bits per heavy atom. The molecule has 0 heterocycles. The Labute approximate surface area is 187 Å². The first kappa shape index (κ1) is 24.8. The summed E-state index contributed by atoms with van der Waals surface area (Å²) in [6.07, 6.45) is 12.1. The highest BCUT2D eigenvalue weighted by Crippen LogP contribution is 2.20. The van der Waals surface area contributed by atoms with Crippen LogP contribution in [0.2, 0.25) is 0 Å².